The number of aryl methyl sites for hydroxylation is 2. The van der Waals surface area contributed by atoms with E-state index in [4.69, 9.17) is 0 Å². The SMILES string of the molecule is CCCc1nc(NCC)cc(NCc2ccc(CC)s2)n1. The van der Waals surface area contributed by atoms with E-state index in [-0.39, 0.29) is 0 Å². The van der Waals surface area contributed by atoms with Crippen LogP contribution < -0.4 is 10.6 Å². The molecule has 114 valence electrons. The quantitative estimate of drug-likeness (QED) is 0.771. The van der Waals surface area contributed by atoms with Gasteiger partial charge >= 0.3 is 0 Å². The number of nitrogens with zero attached hydrogens (tertiary/aromatic N) is 2. The molecule has 0 saturated carbocycles. The highest BCUT2D eigenvalue weighted by Crippen LogP contribution is 2.19. The Morgan fingerprint density at radius 3 is 2.33 bits per heavy atom. The van der Waals surface area contributed by atoms with E-state index in [9.17, 15) is 0 Å². The molecule has 0 aromatic carbocycles. The number of nitrogens with one attached hydrogen (secondary N) is 2. The number of aromatic nitrogens is 2. The molecule has 5 heteroatoms. The third-order valence-corrected chi connectivity index (χ3v) is 4.34. The van der Waals surface area contributed by atoms with Crippen LogP contribution in [0.5, 0.6) is 0 Å². The topological polar surface area (TPSA) is 49.8 Å². The lowest BCUT2D eigenvalue weighted by atomic mass is 10.3. The van der Waals surface area contributed by atoms with Gasteiger partial charge < -0.3 is 10.6 Å². The molecule has 2 N–H and O–H groups in total. The van der Waals surface area contributed by atoms with Crippen LogP contribution in [-0.2, 0) is 19.4 Å². The first-order valence-corrected chi connectivity index (χ1v) is 8.50. The van der Waals surface area contributed by atoms with Crippen molar-refractivity contribution in [2.75, 3.05) is 17.2 Å². The Morgan fingerprint density at radius 2 is 1.71 bits per heavy atom. The molecule has 2 aromatic heterocycles. The first-order valence-electron chi connectivity index (χ1n) is 7.68. The zero-order chi connectivity index (χ0) is 15.1. The number of rotatable bonds is 8. The summed E-state index contributed by atoms with van der Waals surface area (Å²) in [4.78, 5) is 11.9. The van der Waals surface area contributed by atoms with Crippen LogP contribution in [0.3, 0.4) is 0 Å². The maximum absolute atomic E-state index is 4.59. The second-order valence-electron chi connectivity index (χ2n) is 4.91. The number of anilines is 2. The highest BCUT2D eigenvalue weighted by Gasteiger charge is 2.05. The fourth-order valence-electron chi connectivity index (χ4n) is 2.08. The first kappa shape index (κ1) is 15.8. The van der Waals surface area contributed by atoms with E-state index in [0.717, 1.165) is 49.8 Å². The molecule has 0 aliphatic heterocycles. The Labute approximate surface area is 131 Å². The maximum Gasteiger partial charge on any atom is 0.133 e. The van der Waals surface area contributed by atoms with Crippen molar-refractivity contribution in [1.29, 1.82) is 0 Å². The van der Waals surface area contributed by atoms with Crippen molar-refractivity contribution in [3.63, 3.8) is 0 Å². The van der Waals surface area contributed by atoms with Crippen molar-refractivity contribution in [1.82, 2.24) is 9.97 Å². The van der Waals surface area contributed by atoms with Crippen molar-refractivity contribution in [2.45, 2.75) is 46.6 Å². The molecule has 0 aliphatic carbocycles. The smallest absolute Gasteiger partial charge is 0.133 e. The van der Waals surface area contributed by atoms with Crippen molar-refractivity contribution in [2.24, 2.45) is 0 Å². The average Bonchev–Trinajstić information content (AvgIpc) is 2.94. The van der Waals surface area contributed by atoms with E-state index in [1.807, 2.05) is 17.4 Å². The lowest BCUT2D eigenvalue weighted by molar-refractivity contribution is 0.834. The van der Waals surface area contributed by atoms with Gasteiger partial charge in [0.1, 0.15) is 17.5 Å². The van der Waals surface area contributed by atoms with Crippen LogP contribution in [0.4, 0.5) is 11.6 Å². The molecular formula is C16H24N4S. The fourth-order valence-corrected chi connectivity index (χ4v) is 2.98. The normalized spacial score (nSPS) is 10.6. The Kier molecular flexibility index (Phi) is 5.99. The van der Waals surface area contributed by atoms with Gasteiger partial charge in [-0.15, -0.1) is 11.3 Å². The van der Waals surface area contributed by atoms with Crippen LogP contribution in [0.25, 0.3) is 0 Å². The summed E-state index contributed by atoms with van der Waals surface area (Å²) in [5, 5.41) is 6.68. The molecule has 0 radical (unpaired) electrons. The van der Waals surface area contributed by atoms with Gasteiger partial charge in [-0.25, -0.2) is 9.97 Å². The first-order chi connectivity index (χ1) is 10.2. The zero-order valence-electron chi connectivity index (χ0n) is 13.1. The Balaban J connectivity index is 2.06. The maximum atomic E-state index is 4.59. The summed E-state index contributed by atoms with van der Waals surface area (Å²) in [6.07, 6.45) is 3.07. The van der Waals surface area contributed by atoms with Gasteiger partial charge in [0, 0.05) is 28.8 Å². The van der Waals surface area contributed by atoms with Crippen LogP contribution in [0.2, 0.25) is 0 Å². The Morgan fingerprint density at radius 1 is 1.00 bits per heavy atom. The van der Waals surface area contributed by atoms with Crippen LogP contribution in [-0.4, -0.2) is 16.5 Å². The molecule has 2 heterocycles. The van der Waals surface area contributed by atoms with E-state index in [1.54, 1.807) is 0 Å². The van der Waals surface area contributed by atoms with Crippen molar-refractivity contribution in [3.8, 4) is 0 Å². The molecule has 0 fully saturated rings. The van der Waals surface area contributed by atoms with Crippen molar-refractivity contribution < 1.29 is 0 Å². The summed E-state index contributed by atoms with van der Waals surface area (Å²) in [5.41, 5.74) is 0. The molecular weight excluding hydrogens is 280 g/mol. The molecule has 0 spiro atoms. The van der Waals surface area contributed by atoms with E-state index < -0.39 is 0 Å². The molecule has 0 aliphatic rings. The molecule has 0 atom stereocenters. The Hall–Kier alpha value is -1.62. The summed E-state index contributed by atoms with van der Waals surface area (Å²) in [5.74, 6) is 2.70. The van der Waals surface area contributed by atoms with E-state index >= 15 is 0 Å². The second-order valence-corrected chi connectivity index (χ2v) is 6.16. The van der Waals surface area contributed by atoms with Gasteiger partial charge in [0.2, 0.25) is 0 Å². The molecule has 0 unspecified atom stereocenters. The predicted octanol–water partition coefficient (Wildman–Crippen LogP) is 4.10. The molecule has 0 bridgehead atoms. The number of hydrogen-bond donors (Lipinski definition) is 2. The van der Waals surface area contributed by atoms with E-state index in [0.29, 0.717) is 0 Å². The van der Waals surface area contributed by atoms with Gasteiger partial charge in [0.25, 0.3) is 0 Å². The van der Waals surface area contributed by atoms with Gasteiger partial charge in [0.05, 0.1) is 6.54 Å². The lowest BCUT2D eigenvalue weighted by Gasteiger charge is -2.09. The van der Waals surface area contributed by atoms with Gasteiger partial charge in [-0.05, 0) is 31.9 Å². The largest absolute Gasteiger partial charge is 0.370 e. The molecule has 4 nitrogen and oxygen atoms in total. The third-order valence-electron chi connectivity index (χ3n) is 3.11. The molecule has 0 amide bonds. The predicted molar refractivity (Wildman–Crippen MR) is 91.2 cm³/mol. The minimum Gasteiger partial charge on any atom is -0.370 e. The van der Waals surface area contributed by atoms with Gasteiger partial charge in [0.15, 0.2) is 0 Å². The summed E-state index contributed by atoms with van der Waals surface area (Å²) in [6, 6.07) is 6.38. The van der Waals surface area contributed by atoms with Crippen LogP contribution in [0, 0.1) is 0 Å². The van der Waals surface area contributed by atoms with E-state index in [2.05, 4.69) is 53.5 Å². The monoisotopic (exact) mass is 304 g/mol. The Bertz CT molecular complexity index is 541. The van der Waals surface area contributed by atoms with Gasteiger partial charge in [-0.3, -0.25) is 0 Å². The summed E-state index contributed by atoms with van der Waals surface area (Å²) < 4.78 is 0. The van der Waals surface area contributed by atoms with Crippen LogP contribution >= 0.6 is 11.3 Å². The summed E-state index contributed by atoms with van der Waals surface area (Å²) >= 11 is 1.86. The summed E-state index contributed by atoms with van der Waals surface area (Å²) in [6.45, 7) is 8.10. The van der Waals surface area contributed by atoms with Crippen LogP contribution in [0.1, 0.15) is 42.8 Å². The second kappa shape index (κ2) is 7.98. The minimum atomic E-state index is 0.818. The highest BCUT2D eigenvalue weighted by atomic mass is 32.1. The lowest BCUT2D eigenvalue weighted by Crippen LogP contribution is -2.07. The molecule has 2 aromatic rings. The summed E-state index contributed by atoms with van der Waals surface area (Å²) in [7, 11) is 0. The van der Waals surface area contributed by atoms with Crippen molar-refractivity contribution >= 4 is 23.0 Å². The van der Waals surface area contributed by atoms with Crippen molar-refractivity contribution in [3.05, 3.63) is 33.8 Å². The average molecular weight is 304 g/mol. The fraction of sp³-hybridized carbons (Fsp3) is 0.500. The third kappa shape index (κ3) is 4.70. The van der Waals surface area contributed by atoms with E-state index in [1.165, 1.54) is 9.75 Å². The number of hydrogen-bond acceptors (Lipinski definition) is 5. The zero-order valence-corrected chi connectivity index (χ0v) is 13.9. The minimum absolute atomic E-state index is 0.818. The molecule has 0 saturated heterocycles. The number of thiophene rings is 1. The van der Waals surface area contributed by atoms with Crippen LogP contribution in [0.15, 0.2) is 18.2 Å². The molecule has 2 rings (SSSR count). The standard InChI is InChI=1S/C16H24N4S/c1-4-7-14-19-15(17-6-3)10-16(20-14)18-11-13-9-8-12(5-2)21-13/h8-10H,4-7,11H2,1-3H3,(H2,17,18,19,20). The highest BCUT2D eigenvalue weighted by molar-refractivity contribution is 7.12. The van der Waals surface area contributed by atoms with Gasteiger partial charge in [-0.2, -0.15) is 0 Å². The van der Waals surface area contributed by atoms with Gasteiger partial charge in [-0.1, -0.05) is 13.8 Å². The molecule has 21 heavy (non-hydrogen) atoms.